The molecular formula is C18H20N4O2. The van der Waals surface area contributed by atoms with Crippen LogP contribution >= 0.6 is 0 Å². The number of ether oxygens (including phenoxy) is 2. The van der Waals surface area contributed by atoms with E-state index in [1.165, 1.54) is 4.80 Å². The molecule has 0 saturated heterocycles. The maximum absolute atomic E-state index is 5.19. The summed E-state index contributed by atoms with van der Waals surface area (Å²) >= 11 is 0. The highest BCUT2D eigenvalue weighted by Gasteiger charge is 2.22. The quantitative estimate of drug-likeness (QED) is 0.625. The zero-order chi connectivity index (χ0) is 16.8. The van der Waals surface area contributed by atoms with Crippen molar-refractivity contribution < 1.29 is 9.47 Å². The van der Waals surface area contributed by atoms with Crippen LogP contribution in [0.3, 0.4) is 0 Å². The summed E-state index contributed by atoms with van der Waals surface area (Å²) in [5.41, 5.74) is 2.25. The Labute approximate surface area is 141 Å². The summed E-state index contributed by atoms with van der Waals surface area (Å²) in [6.07, 6.45) is -0.404. The highest BCUT2D eigenvalue weighted by molar-refractivity contribution is 5.37. The smallest absolute Gasteiger partial charge is 0.186 e. The molecule has 0 amide bonds. The van der Waals surface area contributed by atoms with Gasteiger partial charge >= 0.3 is 0 Å². The fraction of sp³-hybridized carbons (Fsp3) is 0.278. The van der Waals surface area contributed by atoms with Gasteiger partial charge in [0.25, 0.3) is 0 Å². The minimum absolute atomic E-state index is 0.0651. The van der Waals surface area contributed by atoms with E-state index in [4.69, 9.17) is 9.47 Å². The Morgan fingerprint density at radius 2 is 1.42 bits per heavy atom. The largest absolute Gasteiger partial charge is 0.354 e. The Bertz CT molecular complexity index is 702. The van der Waals surface area contributed by atoms with Crippen molar-refractivity contribution >= 4 is 0 Å². The molecular weight excluding hydrogens is 304 g/mol. The average Bonchev–Trinajstić information content (AvgIpc) is 3.10. The number of hydrogen-bond acceptors (Lipinski definition) is 5. The average molecular weight is 324 g/mol. The van der Waals surface area contributed by atoms with Gasteiger partial charge in [-0.25, -0.2) is 0 Å². The lowest BCUT2D eigenvalue weighted by molar-refractivity contribution is -0.114. The minimum Gasteiger partial charge on any atom is -0.354 e. The molecule has 6 heteroatoms. The Hall–Kier alpha value is -2.57. The second kappa shape index (κ2) is 7.81. The normalized spacial score (nSPS) is 11.3. The van der Waals surface area contributed by atoms with Crippen molar-refractivity contribution in [1.29, 1.82) is 0 Å². The van der Waals surface area contributed by atoms with Crippen LogP contribution in [0.4, 0.5) is 0 Å². The Kier molecular flexibility index (Phi) is 5.30. The molecule has 1 aromatic heterocycles. The lowest BCUT2D eigenvalue weighted by Crippen LogP contribution is -2.22. The zero-order valence-corrected chi connectivity index (χ0v) is 13.7. The first-order valence-electron chi connectivity index (χ1n) is 7.75. The van der Waals surface area contributed by atoms with E-state index < -0.39 is 6.29 Å². The summed E-state index contributed by atoms with van der Waals surface area (Å²) in [5.74, 6) is 0.586. The number of aromatic nitrogens is 4. The highest BCUT2D eigenvalue weighted by atomic mass is 16.7. The zero-order valence-electron chi connectivity index (χ0n) is 13.7. The predicted molar refractivity (Wildman–Crippen MR) is 89.5 cm³/mol. The second-order valence-corrected chi connectivity index (χ2v) is 5.36. The molecule has 0 radical (unpaired) electrons. The Balaban J connectivity index is 1.94. The van der Waals surface area contributed by atoms with Crippen LogP contribution in [0.15, 0.2) is 60.7 Å². The van der Waals surface area contributed by atoms with E-state index in [1.807, 2.05) is 36.4 Å². The molecule has 2 aromatic carbocycles. The summed E-state index contributed by atoms with van der Waals surface area (Å²) in [6.45, 7) is 0.385. The van der Waals surface area contributed by atoms with E-state index in [2.05, 4.69) is 39.7 Å². The molecule has 1 heterocycles. The van der Waals surface area contributed by atoms with Crippen LogP contribution in [0.2, 0.25) is 0 Å². The molecule has 0 atom stereocenters. The lowest BCUT2D eigenvalue weighted by atomic mass is 9.91. The summed E-state index contributed by atoms with van der Waals surface area (Å²) in [6, 6.07) is 20.4. The van der Waals surface area contributed by atoms with Crippen LogP contribution in [0.25, 0.3) is 0 Å². The molecule has 0 spiro atoms. The third-order valence-electron chi connectivity index (χ3n) is 3.83. The van der Waals surface area contributed by atoms with Gasteiger partial charge in [0.1, 0.15) is 6.54 Å². The van der Waals surface area contributed by atoms with E-state index >= 15 is 0 Å². The summed E-state index contributed by atoms with van der Waals surface area (Å²) < 4.78 is 10.4. The topological polar surface area (TPSA) is 62.1 Å². The van der Waals surface area contributed by atoms with Gasteiger partial charge in [-0.15, -0.1) is 10.2 Å². The second-order valence-electron chi connectivity index (χ2n) is 5.36. The van der Waals surface area contributed by atoms with Gasteiger partial charge < -0.3 is 9.47 Å². The number of nitrogens with zero attached hydrogens (tertiary/aromatic N) is 4. The van der Waals surface area contributed by atoms with Crippen molar-refractivity contribution in [2.75, 3.05) is 14.2 Å². The van der Waals surface area contributed by atoms with Crippen LogP contribution in [-0.2, 0) is 16.0 Å². The van der Waals surface area contributed by atoms with Crippen molar-refractivity contribution in [2.24, 2.45) is 0 Å². The Morgan fingerprint density at radius 1 is 0.875 bits per heavy atom. The number of benzene rings is 2. The standard InChI is InChI=1S/C18H20N4O2/c1-23-16(24-2)13-22-20-18(19-21-22)17(14-9-5-3-6-10-14)15-11-7-4-8-12-15/h3-12,16-17H,13H2,1-2H3. The summed E-state index contributed by atoms with van der Waals surface area (Å²) in [5, 5.41) is 12.9. The van der Waals surface area contributed by atoms with Crippen LogP contribution in [0.5, 0.6) is 0 Å². The van der Waals surface area contributed by atoms with Gasteiger partial charge in [-0.3, -0.25) is 0 Å². The molecule has 24 heavy (non-hydrogen) atoms. The van der Waals surface area contributed by atoms with Crippen LogP contribution in [0.1, 0.15) is 22.9 Å². The fourth-order valence-corrected chi connectivity index (χ4v) is 2.61. The van der Waals surface area contributed by atoms with Gasteiger partial charge in [0.2, 0.25) is 0 Å². The molecule has 0 N–H and O–H groups in total. The molecule has 3 aromatic rings. The SMILES string of the molecule is COC(Cn1nnc(C(c2ccccc2)c2ccccc2)n1)OC. The molecule has 3 rings (SSSR count). The van der Waals surface area contributed by atoms with Crippen molar-refractivity contribution in [3.63, 3.8) is 0 Å². The van der Waals surface area contributed by atoms with Gasteiger partial charge in [0.05, 0.1) is 5.92 Å². The van der Waals surface area contributed by atoms with Crippen molar-refractivity contribution in [1.82, 2.24) is 20.2 Å². The first kappa shape index (κ1) is 16.3. The molecule has 0 aliphatic rings. The van der Waals surface area contributed by atoms with Gasteiger partial charge in [-0.05, 0) is 16.3 Å². The molecule has 0 saturated carbocycles. The molecule has 0 unspecified atom stereocenters. The van der Waals surface area contributed by atoms with Crippen LogP contribution in [-0.4, -0.2) is 40.7 Å². The van der Waals surface area contributed by atoms with Gasteiger partial charge in [0.15, 0.2) is 12.1 Å². The monoisotopic (exact) mass is 324 g/mol. The van der Waals surface area contributed by atoms with Crippen molar-refractivity contribution in [3.05, 3.63) is 77.6 Å². The summed E-state index contributed by atoms with van der Waals surface area (Å²) in [4.78, 5) is 1.51. The number of tetrazole rings is 1. The highest BCUT2D eigenvalue weighted by Crippen LogP contribution is 2.28. The maximum Gasteiger partial charge on any atom is 0.186 e. The van der Waals surface area contributed by atoms with Gasteiger partial charge in [0, 0.05) is 14.2 Å². The van der Waals surface area contributed by atoms with Crippen LogP contribution in [0, 0.1) is 0 Å². The van der Waals surface area contributed by atoms with Crippen molar-refractivity contribution in [2.45, 2.75) is 18.8 Å². The van der Waals surface area contributed by atoms with E-state index in [1.54, 1.807) is 14.2 Å². The van der Waals surface area contributed by atoms with E-state index in [9.17, 15) is 0 Å². The summed E-state index contributed by atoms with van der Waals surface area (Å²) in [7, 11) is 3.17. The number of rotatable bonds is 7. The van der Waals surface area contributed by atoms with E-state index in [0.29, 0.717) is 12.4 Å². The van der Waals surface area contributed by atoms with Crippen LogP contribution < -0.4 is 0 Å². The molecule has 6 nitrogen and oxygen atoms in total. The number of hydrogen-bond donors (Lipinski definition) is 0. The van der Waals surface area contributed by atoms with E-state index in [0.717, 1.165) is 11.1 Å². The molecule has 0 aliphatic heterocycles. The first-order valence-corrected chi connectivity index (χ1v) is 7.75. The maximum atomic E-state index is 5.19. The van der Waals surface area contributed by atoms with Gasteiger partial charge in [-0.2, -0.15) is 4.80 Å². The predicted octanol–water partition coefficient (Wildman–Crippen LogP) is 2.47. The first-order chi connectivity index (χ1) is 11.8. The third kappa shape index (κ3) is 3.67. The van der Waals surface area contributed by atoms with Gasteiger partial charge in [-0.1, -0.05) is 60.7 Å². The Morgan fingerprint density at radius 3 is 1.92 bits per heavy atom. The molecule has 0 bridgehead atoms. The lowest BCUT2D eigenvalue weighted by Gasteiger charge is -2.14. The molecule has 0 aliphatic carbocycles. The third-order valence-corrected chi connectivity index (χ3v) is 3.83. The van der Waals surface area contributed by atoms with E-state index in [-0.39, 0.29) is 5.92 Å². The minimum atomic E-state index is -0.404. The fourth-order valence-electron chi connectivity index (χ4n) is 2.61. The number of methoxy groups -OCH3 is 2. The molecule has 124 valence electrons. The van der Waals surface area contributed by atoms with Crippen molar-refractivity contribution in [3.8, 4) is 0 Å². The molecule has 0 fully saturated rings.